The summed E-state index contributed by atoms with van der Waals surface area (Å²) >= 11 is 5.76. The predicted molar refractivity (Wildman–Crippen MR) is 107 cm³/mol. The molecular weight excluding hydrogens is 418 g/mol. The maximum absolute atomic E-state index is 12.6. The van der Waals surface area contributed by atoms with Gasteiger partial charge in [0.15, 0.2) is 6.10 Å². The quantitative estimate of drug-likeness (QED) is 0.388. The van der Waals surface area contributed by atoms with E-state index in [2.05, 4.69) is 5.32 Å². The summed E-state index contributed by atoms with van der Waals surface area (Å²) in [4.78, 5) is 49.5. The number of morpholine rings is 1. The van der Waals surface area contributed by atoms with Crippen LogP contribution in [0.2, 0.25) is 5.02 Å². The van der Waals surface area contributed by atoms with Gasteiger partial charge < -0.3 is 19.7 Å². The van der Waals surface area contributed by atoms with Crippen molar-refractivity contribution in [1.29, 1.82) is 0 Å². The fourth-order valence-electron chi connectivity index (χ4n) is 2.85. The van der Waals surface area contributed by atoms with Crippen LogP contribution in [0.4, 0.5) is 5.69 Å². The highest BCUT2D eigenvalue weighted by Gasteiger charge is 2.31. The first-order valence-electron chi connectivity index (χ1n) is 9.43. The average molecular weight is 442 g/mol. The number of carbonyl (C=O) groups excluding carboxylic acids is 3. The Bertz CT molecular complexity index is 824. The number of ether oxygens (including phenoxy) is 2. The Hall–Kier alpha value is -2.72. The van der Waals surface area contributed by atoms with E-state index in [0.29, 0.717) is 26.3 Å². The van der Waals surface area contributed by atoms with Crippen LogP contribution in [0.5, 0.6) is 0 Å². The standard InChI is InChI=1S/C19H24ClN3O7/c1-11(2)16(19(26)30-12(3)18(25)22-6-8-29-9-7-22)21-17(24)13-4-5-14(20)15(10-13)23(27)28/h4-5,10-12,16H,6-9H2,1-3H3,(H,21,24)/t12-,16-/m0/s1. The van der Waals surface area contributed by atoms with Crippen LogP contribution in [0.25, 0.3) is 0 Å². The van der Waals surface area contributed by atoms with E-state index in [0.717, 1.165) is 6.07 Å². The SMILES string of the molecule is CC(C)[C@H](NC(=O)c1ccc(Cl)c([N+](=O)[O-])c1)C(=O)O[C@@H](C)C(=O)N1CCOCC1. The van der Waals surface area contributed by atoms with Gasteiger partial charge in [0.05, 0.1) is 18.1 Å². The zero-order valence-electron chi connectivity index (χ0n) is 16.9. The lowest BCUT2D eigenvalue weighted by Crippen LogP contribution is -2.49. The number of amides is 2. The predicted octanol–water partition coefficient (Wildman–Crippen LogP) is 1.79. The van der Waals surface area contributed by atoms with Crippen molar-refractivity contribution < 1.29 is 28.8 Å². The molecular formula is C19H24ClN3O7. The van der Waals surface area contributed by atoms with Crippen molar-refractivity contribution in [2.45, 2.75) is 32.9 Å². The smallest absolute Gasteiger partial charge is 0.329 e. The highest BCUT2D eigenvalue weighted by molar-refractivity contribution is 6.32. The zero-order valence-corrected chi connectivity index (χ0v) is 17.7. The fourth-order valence-corrected chi connectivity index (χ4v) is 3.04. The number of rotatable bonds is 7. The summed E-state index contributed by atoms with van der Waals surface area (Å²) in [6, 6.07) is 2.54. The van der Waals surface area contributed by atoms with Crippen LogP contribution < -0.4 is 5.32 Å². The zero-order chi connectivity index (χ0) is 22.4. The van der Waals surface area contributed by atoms with Crippen molar-refractivity contribution in [2.24, 2.45) is 5.92 Å². The van der Waals surface area contributed by atoms with Crippen LogP contribution in [0.15, 0.2) is 18.2 Å². The van der Waals surface area contributed by atoms with Crippen LogP contribution in [-0.2, 0) is 19.1 Å². The van der Waals surface area contributed by atoms with E-state index < -0.39 is 34.6 Å². The molecule has 164 valence electrons. The number of hydrogen-bond acceptors (Lipinski definition) is 7. The summed E-state index contributed by atoms with van der Waals surface area (Å²) in [5, 5.41) is 13.4. The Morgan fingerprint density at radius 1 is 1.23 bits per heavy atom. The normalized spacial score (nSPS) is 16.0. The molecule has 1 aliphatic rings. The number of nitrogens with zero attached hydrogens (tertiary/aromatic N) is 2. The van der Waals surface area contributed by atoms with E-state index in [9.17, 15) is 24.5 Å². The lowest BCUT2D eigenvalue weighted by Gasteiger charge is -2.30. The minimum Gasteiger partial charge on any atom is -0.451 e. The lowest BCUT2D eigenvalue weighted by atomic mass is 10.0. The van der Waals surface area contributed by atoms with E-state index >= 15 is 0 Å². The van der Waals surface area contributed by atoms with Gasteiger partial charge in [0.2, 0.25) is 0 Å². The molecule has 0 unspecified atom stereocenters. The van der Waals surface area contributed by atoms with Crippen LogP contribution in [0, 0.1) is 16.0 Å². The van der Waals surface area contributed by atoms with Crippen molar-refractivity contribution in [3.8, 4) is 0 Å². The maximum atomic E-state index is 12.6. The fraction of sp³-hybridized carbons (Fsp3) is 0.526. The first kappa shape index (κ1) is 23.6. The Labute approximate surface area is 178 Å². The average Bonchev–Trinajstić information content (AvgIpc) is 2.71. The summed E-state index contributed by atoms with van der Waals surface area (Å²) < 4.78 is 10.5. The minimum absolute atomic E-state index is 0.0259. The molecule has 0 aliphatic carbocycles. The number of hydrogen-bond donors (Lipinski definition) is 1. The van der Waals surface area contributed by atoms with Gasteiger partial charge in [0.25, 0.3) is 17.5 Å². The first-order chi connectivity index (χ1) is 14.1. The van der Waals surface area contributed by atoms with Gasteiger partial charge in [-0.2, -0.15) is 0 Å². The van der Waals surface area contributed by atoms with Crippen LogP contribution in [-0.4, -0.2) is 66.1 Å². The summed E-state index contributed by atoms with van der Waals surface area (Å²) in [5.74, 6) is -2.16. The van der Waals surface area contributed by atoms with Crippen molar-refractivity contribution in [2.75, 3.05) is 26.3 Å². The molecule has 1 aliphatic heterocycles. The molecule has 0 spiro atoms. The lowest BCUT2D eigenvalue weighted by molar-refractivity contribution is -0.384. The highest BCUT2D eigenvalue weighted by Crippen LogP contribution is 2.25. The minimum atomic E-state index is -1.05. The molecule has 1 aromatic rings. The number of carbonyl (C=O) groups is 3. The molecule has 1 aromatic carbocycles. The summed E-state index contributed by atoms with van der Waals surface area (Å²) in [6.45, 7) is 6.54. The summed E-state index contributed by atoms with van der Waals surface area (Å²) in [6.07, 6.45) is -1.02. The van der Waals surface area contributed by atoms with Gasteiger partial charge in [0, 0.05) is 24.7 Å². The van der Waals surface area contributed by atoms with Gasteiger partial charge in [-0.05, 0) is 25.0 Å². The van der Waals surface area contributed by atoms with Gasteiger partial charge in [-0.1, -0.05) is 25.4 Å². The molecule has 0 radical (unpaired) electrons. The number of benzene rings is 1. The van der Waals surface area contributed by atoms with Gasteiger partial charge >= 0.3 is 5.97 Å². The molecule has 2 atom stereocenters. The largest absolute Gasteiger partial charge is 0.451 e. The second-order valence-corrected chi connectivity index (χ2v) is 7.54. The summed E-state index contributed by atoms with van der Waals surface area (Å²) in [7, 11) is 0. The van der Waals surface area contributed by atoms with Crippen molar-refractivity contribution >= 4 is 35.1 Å². The molecule has 1 heterocycles. The maximum Gasteiger partial charge on any atom is 0.329 e. The molecule has 0 saturated carbocycles. The van der Waals surface area contributed by atoms with Crippen LogP contribution >= 0.6 is 11.6 Å². The molecule has 1 fully saturated rings. The number of nitrogens with one attached hydrogen (secondary N) is 1. The number of nitro benzene ring substituents is 1. The number of nitro groups is 1. The summed E-state index contributed by atoms with van der Waals surface area (Å²) in [5.41, 5.74) is -0.445. The number of halogens is 1. The van der Waals surface area contributed by atoms with Crippen LogP contribution in [0.3, 0.4) is 0 Å². The second kappa shape index (κ2) is 10.4. The molecule has 10 nitrogen and oxygen atoms in total. The van der Waals surface area contributed by atoms with E-state index in [1.165, 1.54) is 19.1 Å². The van der Waals surface area contributed by atoms with Gasteiger partial charge in [-0.25, -0.2) is 4.79 Å². The molecule has 0 bridgehead atoms. The molecule has 2 amide bonds. The van der Waals surface area contributed by atoms with Crippen molar-refractivity contribution in [3.63, 3.8) is 0 Å². The molecule has 1 N–H and O–H groups in total. The van der Waals surface area contributed by atoms with Crippen LogP contribution in [0.1, 0.15) is 31.1 Å². The van der Waals surface area contributed by atoms with E-state index in [1.54, 1.807) is 18.7 Å². The molecule has 11 heteroatoms. The molecule has 2 rings (SSSR count). The first-order valence-corrected chi connectivity index (χ1v) is 9.81. The van der Waals surface area contributed by atoms with E-state index in [4.69, 9.17) is 21.1 Å². The van der Waals surface area contributed by atoms with Gasteiger partial charge in [0.1, 0.15) is 11.1 Å². The Kier molecular flexibility index (Phi) is 8.13. The Morgan fingerprint density at radius 3 is 2.43 bits per heavy atom. The Balaban J connectivity index is 2.06. The van der Waals surface area contributed by atoms with Crippen molar-refractivity contribution in [3.05, 3.63) is 38.9 Å². The molecule has 1 saturated heterocycles. The number of esters is 1. The van der Waals surface area contributed by atoms with Gasteiger partial charge in [-0.3, -0.25) is 19.7 Å². The third kappa shape index (κ3) is 5.90. The topological polar surface area (TPSA) is 128 Å². The highest BCUT2D eigenvalue weighted by atomic mass is 35.5. The third-order valence-electron chi connectivity index (χ3n) is 4.58. The van der Waals surface area contributed by atoms with Crippen molar-refractivity contribution in [1.82, 2.24) is 10.2 Å². The van der Waals surface area contributed by atoms with Gasteiger partial charge in [-0.15, -0.1) is 0 Å². The Morgan fingerprint density at radius 2 is 1.87 bits per heavy atom. The second-order valence-electron chi connectivity index (χ2n) is 7.14. The molecule has 0 aromatic heterocycles. The van der Waals surface area contributed by atoms with E-state index in [-0.39, 0.29) is 22.4 Å². The third-order valence-corrected chi connectivity index (χ3v) is 4.90. The molecule has 30 heavy (non-hydrogen) atoms. The monoisotopic (exact) mass is 441 g/mol. The van der Waals surface area contributed by atoms with E-state index in [1.807, 2.05) is 0 Å².